The molecule has 4 rings (SSSR count). The number of nitrogens with two attached hydrogens (primary N) is 1. The van der Waals surface area contributed by atoms with Gasteiger partial charge >= 0.3 is 11.7 Å². The standard InChI is InChI=1S/C21H18N6O5S/c1-25-16(22)15(19(29)26(2)21(25)31)13(28)11-32-20(30)17-23-18(14-9-6-10-33-14)27(24-17)12-7-4-3-5-8-12/h3-10H,11,22H2,1-2H3. The molecule has 168 valence electrons. The van der Waals surface area contributed by atoms with E-state index in [0.29, 0.717) is 11.5 Å². The Morgan fingerprint density at radius 1 is 1.06 bits per heavy atom. The lowest BCUT2D eigenvalue weighted by molar-refractivity contribution is 0.0462. The van der Waals surface area contributed by atoms with Crippen LogP contribution in [0.15, 0.2) is 57.4 Å². The van der Waals surface area contributed by atoms with Crippen molar-refractivity contribution in [3.05, 3.63) is 80.1 Å². The van der Waals surface area contributed by atoms with E-state index in [1.54, 1.807) is 0 Å². The Balaban J connectivity index is 1.61. The van der Waals surface area contributed by atoms with E-state index in [1.165, 1.54) is 30.1 Å². The van der Waals surface area contributed by atoms with E-state index < -0.39 is 35.2 Å². The molecule has 0 fully saturated rings. The molecular formula is C21H18N6O5S. The second-order valence-corrected chi connectivity index (χ2v) is 7.90. The van der Waals surface area contributed by atoms with Crippen molar-refractivity contribution >= 4 is 28.9 Å². The lowest BCUT2D eigenvalue weighted by Crippen LogP contribution is -2.42. The van der Waals surface area contributed by atoms with Crippen LogP contribution in [0.2, 0.25) is 0 Å². The van der Waals surface area contributed by atoms with Gasteiger partial charge in [-0.3, -0.25) is 18.7 Å². The van der Waals surface area contributed by atoms with Crippen LogP contribution in [0.3, 0.4) is 0 Å². The van der Waals surface area contributed by atoms with Crippen molar-refractivity contribution in [1.29, 1.82) is 0 Å². The van der Waals surface area contributed by atoms with Crippen molar-refractivity contribution < 1.29 is 14.3 Å². The smallest absolute Gasteiger partial charge is 0.378 e. The van der Waals surface area contributed by atoms with Crippen molar-refractivity contribution in [3.8, 4) is 16.4 Å². The second-order valence-electron chi connectivity index (χ2n) is 6.95. The van der Waals surface area contributed by atoms with Gasteiger partial charge in [-0.2, -0.15) is 4.98 Å². The Morgan fingerprint density at radius 2 is 1.79 bits per heavy atom. The van der Waals surface area contributed by atoms with Crippen molar-refractivity contribution in [2.75, 3.05) is 12.3 Å². The molecule has 1 aromatic carbocycles. The topological polar surface area (TPSA) is 144 Å². The SMILES string of the molecule is Cn1c(N)c(C(=O)COC(=O)c2nc(-c3cccs3)n(-c3ccccc3)n2)c(=O)n(C)c1=O. The van der Waals surface area contributed by atoms with Crippen LogP contribution in [0.25, 0.3) is 16.4 Å². The molecule has 0 unspecified atom stereocenters. The van der Waals surface area contributed by atoms with Crippen molar-refractivity contribution in [1.82, 2.24) is 23.9 Å². The zero-order valence-electron chi connectivity index (χ0n) is 17.6. The van der Waals surface area contributed by atoms with Gasteiger partial charge in [0.2, 0.25) is 5.78 Å². The summed E-state index contributed by atoms with van der Waals surface area (Å²) in [5.41, 5.74) is 4.47. The fourth-order valence-electron chi connectivity index (χ4n) is 3.10. The van der Waals surface area contributed by atoms with Crippen LogP contribution in [0.5, 0.6) is 0 Å². The number of Topliss-reactive ketones (excluding diaryl/α,β-unsaturated/α-hetero) is 1. The van der Waals surface area contributed by atoms with Gasteiger partial charge in [-0.05, 0) is 23.6 Å². The number of ether oxygens (including phenoxy) is 1. The molecule has 0 aliphatic rings. The number of anilines is 1. The Bertz CT molecular complexity index is 1470. The summed E-state index contributed by atoms with van der Waals surface area (Å²) in [6, 6.07) is 12.8. The largest absolute Gasteiger partial charge is 0.451 e. The minimum Gasteiger partial charge on any atom is -0.451 e. The van der Waals surface area contributed by atoms with Crippen LogP contribution < -0.4 is 17.0 Å². The summed E-state index contributed by atoms with van der Waals surface area (Å²) in [7, 11) is 2.55. The van der Waals surface area contributed by atoms with Gasteiger partial charge in [0.15, 0.2) is 12.4 Å². The van der Waals surface area contributed by atoms with Gasteiger partial charge < -0.3 is 10.5 Å². The summed E-state index contributed by atoms with van der Waals surface area (Å²) in [4.78, 5) is 54.5. The molecule has 3 aromatic heterocycles. The van der Waals surface area contributed by atoms with Crippen LogP contribution in [0.1, 0.15) is 21.0 Å². The minimum absolute atomic E-state index is 0.253. The maximum atomic E-state index is 12.6. The highest BCUT2D eigenvalue weighted by atomic mass is 32.1. The van der Waals surface area contributed by atoms with Crippen molar-refractivity contribution in [2.24, 2.45) is 14.1 Å². The summed E-state index contributed by atoms with van der Waals surface area (Å²) in [6.45, 7) is -0.773. The number of benzene rings is 1. The number of hydrogen-bond donors (Lipinski definition) is 1. The van der Waals surface area contributed by atoms with Crippen molar-refractivity contribution in [2.45, 2.75) is 0 Å². The maximum Gasteiger partial charge on any atom is 0.378 e. The molecule has 0 bridgehead atoms. The first-order valence-electron chi connectivity index (χ1n) is 9.61. The first-order chi connectivity index (χ1) is 15.8. The van der Waals surface area contributed by atoms with E-state index in [9.17, 15) is 19.2 Å². The molecule has 33 heavy (non-hydrogen) atoms. The molecule has 2 N–H and O–H groups in total. The lowest BCUT2D eigenvalue weighted by Gasteiger charge is -2.10. The Morgan fingerprint density at radius 3 is 2.45 bits per heavy atom. The van der Waals surface area contributed by atoms with Gasteiger partial charge in [-0.15, -0.1) is 16.4 Å². The summed E-state index contributed by atoms with van der Waals surface area (Å²) in [5.74, 6) is -1.92. The summed E-state index contributed by atoms with van der Waals surface area (Å²) in [5, 5.41) is 6.12. The van der Waals surface area contributed by atoms with Gasteiger partial charge in [0, 0.05) is 14.1 Å². The average molecular weight is 466 g/mol. The number of esters is 1. The Hall–Kier alpha value is -4.32. The molecule has 0 aliphatic heterocycles. The number of carbonyl (C=O) groups excluding carboxylic acids is 2. The Kier molecular flexibility index (Phi) is 5.75. The van der Waals surface area contributed by atoms with Crippen LogP contribution in [0, 0.1) is 0 Å². The minimum atomic E-state index is -0.948. The molecule has 12 heteroatoms. The average Bonchev–Trinajstić information content (AvgIpc) is 3.51. The molecular weight excluding hydrogens is 448 g/mol. The van der Waals surface area contributed by atoms with E-state index in [0.717, 1.165) is 14.0 Å². The predicted molar refractivity (Wildman–Crippen MR) is 121 cm³/mol. The first kappa shape index (κ1) is 21.9. The second kappa shape index (κ2) is 8.67. The lowest BCUT2D eigenvalue weighted by atomic mass is 10.2. The van der Waals surface area contributed by atoms with E-state index >= 15 is 0 Å². The summed E-state index contributed by atoms with van der Waals surface area (Å²) >= 11 is 1.42. The van der Waals surface area contributed by atoms with Crippen LogP contribution in [-0.2, 0) is 18.8 Å². The summed E-state index contributed by atoms with van der Waals surface area (Å²) < 4.78 is 8.29. The molecule has 0 amide bonds. The molecule has 0 saturated heterocycles. The number of para-hydroxylation sites is 1. The van der Waals surface area contributed by atoms with Gasteiger partial charge in [0.25, 0.3) is 11.4 Å². The van der Waals surface area contributed by atoms with Gasteiger partial charge in [0.05, 0.1) is 10.6 Å². The third kappa shape index (κ3) is 3.99. The van der Waals surface area contributed by atoms with Crippen molar-refractivity contribution in [3.63, 3.8) is 0 Å². The predicted octanol–water partition coefficient (Wildman–Crippen LogP) is 1.02. The molecule has 3 heterocycles. The number of ketones is 1. The van der Waals surface area contributed by atoms with Crippen LogP contribution in [0.4, 0.5) is 5.82 Å². The maximum absolute atomic E-state index is 12.6. The first-order valence-corrected chi connectivity index (χ1v) is 10.5. The summed E-state index contributed by atoms with van der Waals surface area (Å²) in [6.07, 6.45) is 0. The number of nitrogens with zero attached hydrogens (tertiary/aromatic N) is 5. The molecule has 0 saturated carbocycles. The zero-order chi connectivity index (χ0) is 23.7. The van der Waals surface area contributed by atoms with Gasteiger partial charge in [0.1, 0.15) is 11.4 Å². The van der Waals surface area contributed by atoms with Crippen LogP contribution >= 0.6 is 11.3 Å². The van der Waals surface area contributed by atoms with E-state index in [4.69, 9.17) is 10.5 Å². The molecule has 0 radical (unpaired) electrons. The third-order valence-corrected chi connectivity index (χ3v) is 5.72. The molecule has 11 nitrogen and oxygen atoms in total. The normalized spacial score (nSPS) is 10.8. The van der Waals surface area contributed by atoms with E-state index in [2.05, 4.69) is 10.1 Å². The number of rotatable bonds is 6. The van der Waals surface area contributed by atoms with E-state index in [-0.39, 0.29) is 11.6 Å². The van der Waals surface area contributed by atoms with Gasteiger partial charge in [-0.1, -0.05) is 24.3 Å². The fraction of sp³-hybridized carbons (Fsp3) is 0.143. The van der Waals surface area contributed by atoms with Gasteiger partial charge in [-0.25, -0.2) is 14.3 Å². The highest BCUT2D eigenvalue weighted by Gasteiger charge is 2.24. The molecule has 0 atom stereocenters. The van der Waals surface area contributed by atoms with E-state index in [1.807, 2.05) is 47.8 Å². The monoisotopic (exact) mass is 466 g/mol. The number of thiophene rings is 1. The van der Waals surface area contributed by atoms with Crippen LogP contribution in [-0.4, -0.2) is 42.3 Å². The third-order valence-electron chi connectivity index (χ3n) is 4.86. The quantitative estimate of drug-likeness (QED) is 0.328. The number of carbonyl (C=O) groups is 2. The highest BCUT2D eigenvalue weighted by Crippen LogP contribution is 2.25. The molecule has 4 aromatic rings. The zero-order valence-corrected chi connectivity index (χ0v) is 18.4. The molecule has 0 spiro atoms. The number of aromatic nitrogens is 5. The fourth-order valence-corrected chi connectivity index (χ4v) is 3.80. The Labute approximate surface area is 190 Å². The molecule has 0 aliphatic carbocycles. The number of hydrogen-bond acceptors (Lipinski definition) is 9. The highest BCUT2D eigenvalue weighted by molar-refractivity contribution is 7.13. The number of nitrogen functional groups attached to an aromatic ring is 1.